The Morgan fingerprint density at radius 1 is 1.57 bits per heavy atom. The van der Waals surface area contributed by atoms with Crippen molar-refractivity contribution < 1.29 is 4.63 Å². The normalized spacial score (nSPS) is 10.0. The molecule has 0 fully saturated rings. The number of nitriles is 1. The molecule has 0 spiro atoms. The first-order valence-corrected chi connectivity index (χ1v) is 4.14. The summed E-state index contributed by atoms with van der Waals surface area (Å²) >= 11 is 0. The Balaban J connectivity index is 2.28. The Bertz CT molecular complexity index is 477. The fourth-order valence-corrected chi connectivity index (χ4v) is 1.21. The maximum atomic E-state index is 8.77. The maximum Gasteiger partial charge on any atom is 0.127 e. The molecular formula is C9H8N4O. The van der Waals surface area contributed by atoms with Crippen LogP contribution in [0.2, 0.25) is 0 Å². The topological polar surface area (TPSA) is 67.6 Å². The summed E-state index contributed by atoms with van der Waals surface area (Å²) in [7, 11) is 0. The van der Waals surface area contributed by atoms with Gasteiger partial charge in [-0.15, -0.1) is 0 Å². The Hall–Kier alpha value is -2.09. The lowest BCUT2D eigenvalue weighted by atomic mass is 10.3. The minimum atomic E-state index is 0.519. The summed E-state index contributed by atoms with van der Waals surface area (Å²) in [5.41, 5.74) is 2.10. The molecule has 0 aliphatic carbocycles. The smallest absolute Gasteiger partial charge is 0.127 e. The van der Waals surface area contributed by atoms with Gasteiger partial charge in [-0.1, -0.05) is 10.3 Å². The molecule has 0 amide bonds. The van der Waals surface area contributed by atoms with E-state index in [9.17, 15) is 0 Å². The van der Waals surface area contributed by atoms with Crippen molar-refractivity contribution in [3.63, 3.8) is 0 Å². The van der Waals surface area contributed by atoms with E-state index in [0.717, 1.165) is 11.4 Å². The second-order valence-corrected chi connectivity index (χ2v) is 2.93. The molecular weight excluding hydrogens is 180 g/mol. The second kappa shape index (κ2) is 3.34. The third kappa shape index (κ3) is 1.38. The van der Waals surface area contributed by atoms with Crippen LogP contribution >= 0.6 is 0 Å². The molecule has 2 rings (SSSR count). The third-order valence-corrected chi connectivity index (χ3v) is 2.01. The monoisotopic (exact) mass is 188 g/mol. The number of rotatable bonds is 2. The van der Waals surface area contributed by atoms with Crippen LogP contribution in [-0.4, -0.2) is 14.9 Å². The SMILES string of the molecule is Cc1nonc1Cn1cccc1C#N. The molecule has 2 aromatic heterocycles. The highest BCUT2D eigenvalue weighted by Crippen LogP contribution is 2.07. The van der Waals surface area contributed by atoms with E-state index in [2.05, 4.69) is 21.0 Å². The summed E-state index contributed by atoms with van der Waals surface area (Å²) in [4.78, 5) is 0. The lowest BCUT2D eigenvalue weighted by molar-refractivity contribution is 0.300. The van der Waals surface area contributed by atoms with Crippen LogP contribution in [0.1, 0.15) is 17.1 Å². The predicted octanol–water partition coefficient (Wildman–Crippen LogP) is 1.10. The van der Waals surface area contributed by atoms with E-state index in [4.69, 9.17) is 5.26 Å². The van der Waals surface area contributed by atoms with E-state index < -0.39 is 0 Å². The highest BCUT2D eigenvalue weighted by atomic mass is 16.6. The Kier molecular flexibility index (Phi) is 2.03. The van der Waals surface area contributed by atoms with Gasteiger partial charge >= 0.3 is 0 Å². The van der Waals surface area contributed by atoms with Crippen LogP contribution in [-0.2, 0) is 6.54 Å². The molecule has 0 aliphatic rings. The molecule has 0 radical (unpaired) electrons. The molecule has 70 valence electrons. The molecule has 0 atom stereocenters. The van der Waals surface area contributed by atoms with Crippen molar-refractivity contribution in [2.24, 2.45) is 0 Å². The average Bonchev–Trinajstić information content (AvgIpc) is 2.77. The fourth-order valence-electron chi connectivity index (χ4n) is 1.21. The predicted molar refractivity (Wildman–Crippen MR) is 47.3 cm³/mol. The average molecular weight is 188 g/mol. The minimum Gasteiger partial charge on any atom is -0.333 e. The van der Waals surface area contributed by atoms with Gasteiger partial charge in [0, 0.05) is 6.20 Å². The Morgan fingerprint density at radius 3 is 3.07 bits per heavy atom. The zero-order chi connectivity index (χ0) is 9.97. The van der Waals surface area contributed by atoms with E-state index in [-0.39, 0.29) is 0 Å². The number of hydrogen-bond acceptors (Lipinski definition) is 4. The van der Waals surface area contributed by atoms with Crippen LogP contribution in [0, 0.1) is 18.3 Å². The van der Waals surface area contributed by atoms with Gasteiger partial charge < -0.3 is 4.57 Å². The van der Waals surface area contributed by atoms with Crippen LogP contribution in [0.5, 0.6) is 0 Å². The molecule has 2 heterocycles. The number of aromatic nitrogens is 3. The van der Waals surface area contributed by atoms with Crippen LogP contribution in [0.25, 0.3) is 0 Å². The van der Waals surface area contributed by atoms with Crippen molar-refractivity contribution in [1.82, 2.24) is 14.9 Å². The summed E-state index contributed by atoms with van der Waals surface area (Å²) in [5, 5.41) is 16.2. The van der Waals surface area contributed by atoms with Crippen LogP contribution < -0.4 is 0 Å². The van der Waals surface area contributed by atoms with Gasteiger partial charge in [-0.05, 0) is 19.1 Å². The minimum absolute atomic E-state index is 0.519. The zero-order valence-electron chi connectivity index (χ0n) is 7.64. The first-order chi connectivity index (χ1) is 6.81. The molecule has 14 heavy (non-hydrogen) atoms. The number of nitrogens with zero attached hydrogens (tertiary/aromatic N) is 4. The lowest BCUT2D eigenvalue weighted by Gasteiger charge is -2.00. The van der Waals surface area contributed by atoms with Gasteiger partial charge in [0.15, 0.2) is 0 Å². The first kappa shape index (κ1) is 8.51. The van der Waals surface area contributed by atoms with Crippen molar-refractivity contribution in [3.8, 4) is 6.07 Å². The molecule has 0 N–H and O–H groups in total. The highest BCUT2D eigenvalue weighted by molar-refractivity contribution is 5.23. The van der Waals surface area contributed by atoms with Crippen molar-refractivity contribution in [2.75, 3.05) is 0 Å². The Morgan fingerprint density at radius 2 is 2.43 bits per heavy atom. The summed E-state index contributed by atoms with van der Waals surface area (Å²) in [5.74, 6) is 0. The highest BCUT2D eigenvalue weighted by Gasteiger charge is 2.07. The van der Waals surface area contributed by atoms with Gasteiger partial charge in [0.25, 0.3) is 0 Å². The lowest BCUT2D eigenvalue weighted by Crippen LogP contribution is -2.02. The first-order valence-electron chi connectivity index (χ1n) is 4.14. The fraction of sp³-hybridized carbons (Fsp3) is 0.222. The van der Waals surface area contributed by atoms with Crippen LogP contribution in [0.3, 0.4) is 0 Å². The van der Waals surface area contributed by atoms with E-state index in [1.807, 2.05) is 19.2 Å². The van der Waals surface area contributed by atoms with Gasteiger partial charge in [0.1, 0.15) is 23.2 Å². The summed E-state index contributed by atoms with van der Waals surface area (Å²) in [6, 6.07) is 5.67. The van der Waals surface area contributed by atoms with Gasteiger partial charge in [-0.3, -0.25) is 0 Å². The number of aryl methyl sites for hydroxylation is 1. The number of hydrogen-bond donors (Lipinski definition) is 0. The van der Waals surface area contributed by atoms with E-state index in [1.54, 1.807) is 10.6 Å². The van der Waals surface area contributed by atoms with Gasteiger partial charge in [0.2, 0.25) is 0 Å². The molecule has 0 unspecified atom stereocenters. The second-order valence-electron chi connectivity index (χ2n) is 2.93. The zero-order valence-corrected chi connectivity index (χ0v) is 7.64. The molecule has 5 heteroatoms. The largest absolute Gasteiger partial charge is 0.333 e. The van der Waals surface area contributed by atoms with E-state index >= 15 is 0 Å². The van der Waals surface area contributed by atoms with Gasteiger partial charge in [-0.25, -0.2) is 4.63 Å². The third-order valence-electron chi connectivity index (χ3n) is 2.01. The standard InChI is InChI=1S/C9H8N4O/c1-7-9(12-14-11-7)6-13-4-2-3-8(13)5-10/h2-4H,6H2,1H3. The molecule has 0 aliphatic heterocycles. The van der Waals surface area contributed by atoms with Crippen molar-refractivity contribution in [3.05, 3.63) is 35.4 Å². The Labute approximate surface area is 80.5 Å². The van der Waals surface area contributed by atoms with Gasteiger partial charge in [-0.2, -0.15) is 5.26 Å². The maximum absolute atomic E-state index is 8.77. The summed E-state index contributed by atoms with van der Waals surface area (Å²) in [6.45, 7) is 2.34. The van der Waals surface area contributed by atoms with Gasteiger partial charge in [0.05, 0.1) is 6.54 Å². The molecule has 0 saturated carbocycles. The van der Waals surface area contributed by atoms with Crippen molar-refractivity contribution in [1.29, 1.82) is 5.26 Å². The van der Waals surface area contributed by atoms with Crippen molar-refractivity contribution in [2.45, 2.75) is 13.5 Å². The molecule has 5 nitrogen and oxygen atoms in total. The molecule has 0 saturated heterocycles. The van der Waals surface area contributed by atoms with E-state index in [0.29, 0.717) is 12.2 Å². The molecule has 0 aromatic carbocycles. The van der Waals surface area contributed by atoms with Crippen molar-refractivity contribution >= 4 is 0 Å². The van der Waals surface area contributed by atoms with Crippen LogP contribution in [0.15, 0.2) is 23.0 Å². The quantitative estimate of drug-likeness (QED) is 0.707. The summed E-state index contributed by atoms with van der Waals surface area (Å²) < 4.78 is 6.37. The summed E-state index contributed by atoms with van der Waals surface area (Å²) in [6.07, 6.45) is 1.83. The molecule has 0 bridgehead atoms. The van der Waals surface area contributed by atoms with Crippen LogP contribution in [0.4, 0.5) is 0 Å². The molecule has 2 aromatic rings. The van der Waals surface area contributed by atoms with E-state index in [1.165, 1.54) is 0 Å².